The van der Waals surface area contributed by atoms with Gasteiger partial charge in [-0.2, -0.15) is 0 Å². The average Bonchev–Trinajstić information content (AvgIpc) is 2.30. The minimum atomic E-state index is -0.437. The molecule has 2 atom stereocenters. The van der Waals surface area contributed by atoms with Gasteiger partial charge >= 0.3 is 0 Å². The van der Waals surface area contributed by atoms with Gasteiger partial charge in [0.2, 0.25) is 0 Å². The zero-order valence-electron chi connectivity index (χ0n) is 10.3. The van der Waals surface area contributed by atoms with Gasteiger partial charge in [0.15, 0.2) is 0 Å². The highest BCUT2D eigenvalue weighted by Crippen LogP contribution is 2.12. The molecule has 3 nitrogen and oxygen atoms in total. The van der Waals surface area contributed by atoms with E-state index in [1.54, 1.807) is 19.2 Å². The van der Waals surface area contributed by atoms with Crippen LogP contribution >= 0.6 is 0 Å². The quantitative estimate of drug-likeness (QED) is 0.765. The third kappa shape index (κ3) is 5.26. The summed E-state index contributed by atoms with van der Waals surface area (Å²) in [6, 6.07) is 6.57. The monoisotopic (exact) mass is 241 g/mol. The summed E-state index contributed by atoms with van der Waals surface area (Å²) in [6.07, 6.45) is 0.201. The fourth-order valence-electron chi connectivity index (χ4n) is 1.61. The van der Waals surface area contributed by atoms with Gasteiger partial charge in [0.25, 0.3) is 0 Å². The molecule has 0 aliphatic rings. The molecule has 17 heavy (non-hydrogen) atoms. The Morgan fingerprint density at radius 1 is 1.35 bits per heavy atom. The van der Waals surface area contributed by atoms with E-state index in [2.05, 4.69) is 5.32 Å². The van der Waals surface area contributed by atoms with E-state index in [0.29, 0.717) is 19.6 Å². The highest BCUT2D eigenvalue weighted by molar-refractivity contribution is 5.19. The molecule has 1 aromatic carbocycles. The van der Waals surface area contributed by atoms with Gasteiger partial charge < -0.3 is 15.2 Å². The number of ether oxygens (including phenoxy) is 1. The number of aliphatic hydroxyl groups excluding tert-OH is 1. The van der Waals surface area contributed by atoms with Gasteiger partial charge in [-0.25, -0.2) is 4.39 Å². The molecule has 0 radical (unpaired) electrons. The van der Waals surface area contributed by atoms with Crippen molar-refractivity contribution in [2.24, 2.45) is 0 Å². The van der Waals surface area contributed by atoms with Crippen LogP contribution in [0.1, 0.15) is 24.9 Å². The summed E-state index contributed by atoms with van der Waals surface area (Å²) in [7, 11) is 1.57. The van der Waals surface area contributed by atoms with Crippen molar-refractivity contribution < 1.29 is 14.2 Å². The lowest BCUT2D eigenvalue weighted by atomic mass is 10.1. The molecule has 0 heterocycles. The van der Waals surface area contributed by atoms with Crippen LogP contribution in [0.5, 0.6) is 0 Å². The van der Waals surface area contributed by atoms with E-state index in [1.807, 2.05) is 6.92 Å². The third-order valence-electron chi connectivity index (χ3n) is 2.66. The Hall–Kier alpha value is -0.970. The first-order valence-electron chi connectivity index (χ1n) is 5.79. The van der Waals surface area contributed by atoms with Crippen molar-refractivity contribution in [1.82, 2.24) is 5.32 Å². The van der Waals surface area contributed by atoms with Crippen molar-refractivity contribution in [2.45, 2.75) is 25.5 Å². The van der Waals surface area contributed by atoms with Crippen LogP contribution < -0.4 is 5.32 Å². The predicted octanol–water partition coefficient (Wildman–Crippen LogP) is 1.87. The van der Waals surface area contributed by atoms with Crippen molar-refractivity contribution in [3.05, 3.63) is 35.6 Å². The van der Waals surface area contributed by atoms with Gasteiger partial charge in [0, 0.05) is 13.2 Å². The zero-order valence-corrected chi connectivity index (χ0v) is 10.3. The van der Waals surface area contributed by atoms with Gasteiger partial charge in [-0.15, -0.1) is 0 Å². The molecular weight excluding hydrogens is 221 g/mol. The van der Waals surface area contributed by atoms with Crippen LogP contribution in [0.25, 0.3) is 0 Å². The largest absolute Gasteiger partial charge is 0.391 e. The van der Waals surface area contributed by atoms with Crippen molar-refractivity contribution in [3.8, 4) is 0 Å². The number of hydrogen-bond acceptors (Lipinski definition) is 3. The molecule has 2 unspecified atom stereocenters. The molecule has 0 saturated heterocycles. The number of nitrogens with one attached hydrogen (secondary N) is 1. The molecule has 0 spiro atoms. The molecule has 0 fully saturated rings. The van der Waals surface area contributed by atoms with Crippen LogP contribution in [0.3, 0.4) is 0 Å². The lowest BCUT2D eigenvalue weighted by molar-refractivity contribution is 0.0590. The van der Waals surface area contributed by atoms with Gasteiger partial charge in [-0.3, -0.25) is 0 Å². The van der Waals surface area contributed by atoms with E-state index in [-0.39, 0.29) is 11.9 Å². The molecule has 0 aromatic heterocycles. The van der Waals surface area contributed by atoms with Gasteiger partial charge in [-0.1, -0.05) is 12.1 Å². The van der Waals surface area contributed by atoms with E-state index in [1.165, 1.54) is 12.1 Å². The van der Waals surface area contributed by atoms with Crippen LogP contribution in [0.2, 0.25) is 0 Å². The maximum absolute atomic E-state index is 12.7. The lowest BCUT2D eigenvalue weighted by Gasteiger charge is -2.16. The normalized spacial score (nSPS) is 14.6. The van der Waals surface area contributed by atoms with Crippen LogP contribution in [0.15, 0.2) is 24.3 Å². The number of methoxy groups -OCH3 is 1. The standard InChI is InChI=1S/C13H20FNO2/c1-10(11-3-5-12(14)6-4-11)15-8-7-13(16)9-17-2/h3-6,10,13,15-16H,7-9H2,1-2H3. The van der Waals surface area contributed by atoms with Crippen LogP contribution in [0, 0.1) is 5.82 Å². The summed E-state index contributed by atoms with van der Waals surface area (Å²) in [5, 5.41) is 12.7. The Labute approximate surface area is 102 Å². The van der Waals surface area contributed by atoms with Gasteiger partial charge in [0.1, 0.15) is 5.82 Å². The zero-order chi connectivity index (χ0) is 12.7. The minimum Gasteiger partial charge on any atom is -0.391 e. The number of halogens is 1. The van der Waals surface area contributed by atoms with E-state index in [0.717, 1.165) is 5.56 Å². The molecule has 0 amide bonds. The fraction of sp³-hybridized carbons (Fsp3) is 0.538. The molecular formula is C13H20FNO2. The average molecular weight is 241 g/mol. The Balaban J connectivity index is 2.29. The Morgan fingerprint density at radius 3 is 2.59 bits per heavy atom. The third-order valence-corrected chi connectivity index (χ3v) is 2.66. The van der Waals surface area contributed by atoms with Gasteiger partial charge in [0.05, 0.1) is 12.7 Å². The molecule has 4 heteroatoms. The second-order valence-electron chi connectivity index (χ2n) is 4.13. The van der Waals surface area contributed by atoms with Crippen LogP contribution in [0.4, 0.5) is 4.39 Å². The predicted molar refractivity (Wildman–Crippen MR) is 65.3 cm³/mol. The first kappa shape index (κ1) is 14.1. The van der Waals surface area contributed by atoms with Crippen LogP contribution in [-0.4, -0.2) is 31.5 Å². The minimum absolute atomic E-state index is 0.144. The maximum Gasteiger partial charge on any atom is 0.123 e. The molecule has 96 valence electrons. The smallest absolute Gasteiger partial charge is 0.123 e. The summed E-state index contributed by atoms with van der Waals surface area (Å²) in [6.45, 7) is 3.06. The van der Waals surface area contributed by atoms with Crippen LogP contribution in [-0.2, 0) is 4.74 Å². The molecule has 1 rings (SSSR count). The lowest BCUT2D eigenvalue weighted by Crippen LogP contribution is -2.25. The number of aliphatic hydroxyl groups is 1. The highest BCUT2D eigenvalue weighted by atomic mass is 19.1. The van der Waals surface area contributed by atoms with E-state index in [9.17, 15) is 9.50 Å². The first-order valence-corrected chi connectivity index (χ1v) is 5.79. The van der Waals surface area contributed by atoms with Gasteiger partial charge in [-0.05, 0) is 37.6 Å². The molecule has 2 N–H and O–H groups in total. The SMILES string of the molecule is COCC(O)CCNC(C)c1ccc(F)cc1. The molecule has 0 saturated carbocycles. The fourth-order valence-corrected chi connectivity index (χ4v) is 1.61. The van der Waals surface area contributed by atoms with Crippen molar-refractivity contribution in [3.63, 3.8) is 0 Å². The highest BCUT2D eigenvalue weighted by Gasteiger charge is 2.07. The number of rotatable bonds is 7. The Kier molecular flexibility index (Phi) is 6.11. The molecule has 1 aromatic rings. The second-order valence-corrected chi connectivity index (χ2v) is 4.13. The van der Waals surface area contributed by atoms with Crippen molar-refractivity contribution in [2.75, 3.05) is 20.3 Å². The molecule has 0 aliphatic heterocycles. The van der Waals surface area contributed by atoms with E-state index in [4.69, 9.17) is 4.74 Å². The summed E-state index contributed by atoms with van der Waals surface area (Å²) in [5.41, 5.74) is 1.03. The Morgan fingerprint density at radius 2 is 2.00 bits per heavy atom. The summed E-state index contributed by atoms with van der Waals surface area (Å²) in [4.78, 5) is 0. The number of hydrogen-bond donors (Lipinski definition) is 2. The molecule has 0 aliphatic carbocycles. The Bertz CT molecular complexity index is 316. The van der Waals surface area contributed by atoms with Crippen molar-refractivity contribution >= 4 is 0 Å². The van der Waals surface area contributed by atoms with E-state index >= 15 is 0 Å². The first-order chi connectivity index (χ1) is 8.13. The van der Waals surface area contributed by atoms with E-state index < -0.39 is 6.10 Å². The topological polar surface area (TPSA) is 41.5 Å². The molecule has 0 bridgehead atoms. The second kappa shape index (κ2) is 7.37. The number of benzene rings is 1. The summed E-state index contributed by atoms with van der Waals surface area (Å²) in [5.74, 6) is -0.225. The summed E-state index contributed by atoms with van der Waals surface area (Å²) >= 11 is 0. The summed E-state index contributed by atoms with van der Waals surface area (Å²) < 4.78 is 17.6. The van der Waals surface area contributed by atoms with Crippen molar-refractivity contribution in [1.29, 1.82) is 0 Å². The maximum atomic E-state index is 12.7.